The molecule has 0 aromatic carbocycles. The van der Waals surface area contributed by atoms with E-state index in [1.54, 1.807) is 0 Å². The van der Waals surface area contributed by atoms with E-state index in [0.717, 1.165) is 36.0 Å². The molecule has 21 heavy (non-hydrogen) atoms. The Morgan fingerprint density at radius 3 is 2.38 bits per heavy atom. The van der Waals surface area contributed by atoms with Crippen LogP contribution in [0.4, 0.5) is 11.6 Å². The zero-order valence-electron chi connectivity index (χ0n) is 13.0. The summed E-state index contributed by atoms with van der Waals surface area (Å²) in [5, 5.41) is 15.4. The third kappa shape index (κ3) is 4.82. The molecular weight excluding hydrogens is 268 g/mol. The van der Waals surface area contributed by atoms with Gasteiger partial charge in [-0.2, -0.15) is 0 Å². The maximum Gasteiger partial charge on any atom is 0.136 e. The number of aliphatic hydroxyl groups is 1. The number of aliphatic hydroxyl groups excluding tert-OH is 1. The normalized spacial score (nSPS) is 14.2. The Bertz CT molecular complexity index is 450. The fraction of sp³-hybridized carbons (Fsp3) is 0.733. The van der Waals surface area contributed by atoms with Crippen LogP contribution < -0.4 is 10.6 Å². The standard InChI is InChI=1S/C15H26N4O2/c1-3-6-16-13-11(2)14(17-7-9-21-10-8-20)19-15(18-13)12-4-5-12/h12,20H,3-10H2,1-2H3,(H2,16,17,18,19). The number of aromatic nitrogens is 2. The summed E-state index contributed by atoms with van der Waals surface area (Å²) < 4.78 is 5.26. The van der Waals surface area contributed by atoms with Gasteiger partial charge in [-0.3, -0.25) is 0 Å². The molecule has 1 heterocycles. The Hall–Kier alpha value is -1.40. The topological polar surface area (TPSA) is 79.3 Å². The molecular formula is C15H26N4O2. The van der Waals surface area contributed by atoms with Crippen LogP contribution in [0.5, 0.6) is 0 Å². The molecule has 1 aromatic rings. The van der Waals surface area contributed by atoms with Gasteiger partial charge in [-0.25, -0.2) is 9.97 Å². The van der Waals surface area contributed by atoms with E-state index in [1.165, 1.54) is 12.8 Å². The van der Waals surface area contributed by atoms with E-state index < -0.39 is 0 Å². The van der Waals surface area contributed by atoms with Crippen molar-refractivity contribution in [1.29, 1.82) is 0 Å². The van der Waals surface area contributed by atoms with E-state index in [9.17, 15) is 0 Å². The Balaban J connectivity index is 2.01. The van der Waals surface area contributed by atoms with Crippen molar-refractivity contribution in [2.75, 3.05) is 43.5 Å². The largest absolute Gasteiger partial charge is 0.394 e. The highest BCUT2D eigenvalue weighted by molar-refractivity contribution is 5.57. The lowest BCUT2D eigenvalue weighted by molar-refractivity contribution is 0.0992. The summed E-state index contributed by atoms with van der Waals surface area (Å²) in [7, 11) is 0. The molecule has 3 N–H and O–H groups in total. The number of nitrogens with zero attached hydrogens (tertiary/aromatic N) is 2. The minimum atomic E-state index is 0.0590. The van der Waals surface area contributed by atoms with Crippen LogP contribution in [0.1, 0.15) is 43.5 Å². The zero-order valence-corrected chi connectivity index (χ0v) is 13.0. The molecule has 6 nitrogen and oxygen atoms in total. The molecule has 1 aliphatic carbocycles. The average molecular weight is 294 g/mol. The molecule has 0 amide bonds. The van der Waals surface area contributed by atoms with Crippen LogP contribution in [0.25, 0.3) is 0 Å². The lowest BCUT2D eigenvalue weighted by atomic mass is 10.2. The first kappa shape index (κ1) is 16.0. The van der Waals surface area contributed by atoms with Crippen LogP contribution in [-0.4, -0.2) is 48.0 Å². The van der Waals surface area contributed by atoms with Gasteiger partial charge in [0.15, 0.2) is 0 Å². The molecule has 1 aromatic heterocycles. The van der Waals surface area contributed by atoms with Crippen LogP contribution in [-0.2, 0) is 4.74 Å². The third-order valence-electron chi connectivity index (χ3n) is 3.42. The van der Waals surface area contributed by atoms with E-state index in [4.69, 9.17) is 9.84 Å². The molecule has 0 spiro atoms. The SMILES string of the molecule is CCCNc1nc(C2CC2)nc(NCCOCCO)c1C. The van der Waals surface area contributed by atoms with E-state index in [1.807, 2.05) is 6.92 Å². The molecule has 0 aliphatic heterocycles. The predicted molar refractivity (Wildman–Crippen MR) is 83.9 cm³/mol. The maximum atomic E-state index is 8.68. The van der Waals surface area contributed by atoms with Crippen LogP contribution >= 0.6 is 0 Å². The molecule has 1 fully saturated rings. The van der Waals surface area contributed by atoms with E-state index >= 15 is 0 Å². The van der Waals surface area contributed by atoms with E-state index in [0.29, 0.717) is 25.7 Å². The number of anilines is 2. The highest BCUT2D eigenvalue weighted by atomic mass is 16.5. The summed E-state index contributed by atoms with van der Waals surface area (Å²) in [5.41, 5.74) is 1.05. The predicted octanol–water partition coefficient (Wildman–Crippen LogP) is 1.91. The minimum Gasteiger partial charge on any atom is -0.394 e. The van der Waals surface area contributed by atoms with Crippen molar-refractivity contribution in [2.45, 2.75) is 39.0 Å². The van der Waals surface area contributed by atoms with Gasteiger partial charge in [0.25, 0.3) is 0 Å². The van der Waals surface area contributed by atoms with E-state index in [-0.39, 0.29) is 6.61 Å². The average Bonchev–Trinajstić information content (AvgIpc) is 3.32. The van der Waals surface area contributed by atoms with Crippen LogP contribution in [0, 0.1) is 6.92 Å². The highest BCUT2D eigenvalue weighted by Gasteiger charge is 2.28. The van der Waals surface area contributed by atoms with Gasteiger partial charge < -0.3 is 20.5 Å². The van der Waals surface area contributed by atoms with Crippen molar-refractivity contribution in [3.63, 3.8) is 0 Å². The van der Waals surface area contributed by atoms with Gasteiger partial charge in [-0.1, -0.05) is 6.92 Å². The lowest BCUT2D eigenvalue weighted by Gasteiger charge is -2.15. The summed E-state index contributed by atoms with van der Waals surface area (Å²) in [6.45, 7) is 6.76. The lowest BCUT2D eigenvalue weighted by Crippen LogP contribution is -2.15. The quantitative estimate of drug-likeness (QED) is 0.572. The zero-order chi connectivity index (χ0) is 15.1. The molecule has 0 bridgehead atoms. The molecule has 1 aliphatic rings. The minimum absolute atomic E-state index is 0.0590. The van der Waals surface area contributed by atoms with Crippen molar-refractivity contribution in [3.8, 4) is 0 Å². The van der Waals surface area contributed by atoms with Gasteiger partial charge in [0.2, 0.25) is 0 Å². The van der Waals surface area contributed by atoms with Crippen LogP contribution in [0.2, 0.25) is 0 Å². The maximum absolute atomic E-state index is 8.68. The molecule has 0 saturated heterocycles. The summed E-state index contributed by atoms with van der Waals surface area (Å²) in [6.07, 6.45) is 3.45. The van der Waals surface area contributed by atoms with Crippen molar-refractivity contribution < 1.29 is 9.84 Å². The Kier molecular flexibility index (Phi) is 6.20. The monoisotopic (exact) mass is 294 g/mol. The second-order valence-corrected chi connectivity index (χ2v) is 5.37. The summed E-state index contributed by atoms with van der Waals surface area (Å²) in [6, 6.07) is 0. The molecule has 0 radical (unpaired) electrons. The number of ether oxygens (including phenoxy) is 1. The first-order chi connectivity index (χ1) is 10.3. The summed E-state index contributed by atoms with van der Waals surface area (Å²) in [4.78, 5) is 9.32. The molecule has 6 heteroatoms. The van der Waals surface area contributed by atoms with Crippen molar-refractivity contribution in [1.82, 2.24) is 9.97 Å². The van der Waals surface area contributed by atoms with Gasteiger partial charge >= 0.3 is 0 Å². The van der Waals surface area contributed by atoms with Crippen molar-refractivity contribution in [2.24, 2.45) is 0 Å². The number of nitrogens with one attached hydrogen (secondary N) is 2. The van der Waals surface area contributed by atoms with Gasteiger partial charge in [-0.05, 0) is 26.2 Å². The second-order valence-electron chi connectivity index (χ2n) is 5.37. The van der Waals surface area contributed by atoms with Crippen molar-refractivity contribution >= 4 is 11.6 Å². The van der Waals surface area contributed by atoms with Gasteiger partial charge in [0.05, 0.1) is 19.8 Å². The first-order valence-electron chi connectivity index (χ1n) is 7.81. The molecule has 118 valence electrons. The number of hydrogen-bond donors (Lipinski definition) is 3. The molecule has 2 rings (SSSR count). The number of rotatable bonds is 10. The molecule has 0 unspecified atom stereocenters. The molecule has 0 atom stereocenters. The summed E-state index contributed by atoms with van der Waals surface area (Å²) in [5.74, 6) is 3.29. The Morgan fingerprint density at radius 2 is 1.81 bits per heavy atom. The first-order valence-corrected chi connectivity index (χ1v) is 7.81. The third-order valence-corrected chi connectivity index (χ3v) is 3.42. The Labute approximate surface area is 126 Å². The molecule has 1 saturated carbocycles. The Morgan fingerprint density at radius 1 is 1.14 bits per heavy atom. The van der Waals surface area contributed by atoms with E-state index in [2.05, 4.69) is 27.5 Å². The van der Waals surface area contributed by atoms with Gasteiger partial charge in [0, 0.05) is 24.6 Å². The smallest absolute Gasteiger partial charge is 0.136 e. The van der Waals surface area contributed by atoms with Crippen molar-refractivity contribution in [3.05, 3.63) is 11.4 Å². The summed E-state index contributed by atoms with van der Waals surface area (Å²) >= 11 is 0. The fourth-order valence-corrected chi connectivity index (χ4v) is 2.05. The van der Waals surface area contributed by atoms with Gasteiger partial charge in [-0.15, -0.1) is 0 Å². The van der Waals surface area contributed by atoms with Gasteiger partial charge in [0.1, 0.15) is 17.5 Å². The second kappa shape index (κ2) is 8.14. The van der Waals surface area contributed by atoms with Crippen LogP contribution in [0.3, 0.4) is 0 Å². The van der Waals surface area contributed by atoms with Crippen LogP contribution in [0.15, 0.2) is 0 Å². The fourth-order valence-electron chi connectivity index (χ4n) is 2.05. The number of hydrogen-bond acceptors (Lipinski definition) is 6. The highest BCUT2D eigenvalue weighted by Crippen LogP contribution is 2.39.